The fraction of sp³-hybridized carbons (Fsp3) is 0.391. The summed E-state index contributed by atoms with van der Waals surface area (Å²) in [7, 11) is 0. The molecule has 1 fully saturated rings. The first-order valence-electron chi connectivity index (χ1n) is 10.1. The summed E-state index contributed by atoms with van der Waals surface area (Å²) in [6.45, 7) is 1.79. The molecule has 1 aliphatic rings. The first-order chi connectivity index (χ1) is 14.0. The molecule has 4 nitrogen and oxygen atoms in total. The maximum absolute atomic E-state index is 14.2. The van der Waals surface area contributed by atoms with E-state index in [0.29, 0.717) is 5.56 Å². The summed E-state index contributed by atoms with van der Waals surface area (Å²) in [5.41, 5.74) is 0.408. The number of hydrogen-bond acceptors (Lipinski definition) is 3. The molecule has 1 saturated carbocycles. The third-order valence-corrected chi connectivity index (χ3v) is 6.27. The third-order valence-electron chi connectivity index (χ3n) is 5.27. The van der Waals surface area contributed by atoms with Crippen LogP contribution in [-0.4, -0.2) is 34.6 Å². The minimum atomic E-state index is -0.668. The van der Waals surface area contributed by atoms with Crippen molar-refractivity contribution in [3.63, 3.8) is 0 Å². The van der Waals surface area contributed by atoms with Crippen LogP contribution in [0.2, 0.25) is 0 Å². The summed E-state index contributed by atoms with van der Waals surface area (Å²) in [5.74, 6) is -0.536. The molecule has 0 heterocycles. The van der Waals surface area contributed by atoms with Crippen LogP contribution in [0.3, 0.4) is 0 Å². The second kappa shape index (κ2) is 10.4. The highest BCUT2D eigenvalue weighted by Gasteiger charge is 2.28. The summed E-state index contributed by atoms with van der Waals surface area (Å²) < 4.78 is 14.2. The van der Waals surface area contributed by atoms with Crippen molar-refractivity contribution in [2.75, 3.05) is 5.75 Å². The van der Waals surface area contributed by atoms with Crippen LogP contribution in [-0.2, 0) is 16.1 Å². The lowest BCUT2D eigenvalue weighted by molar-refractivity contribution is -0.139. The number of amides is 2. The zero-order chi connectivity index (χ0) is 20.6. The quantitative estimate of drug-likeness (QED) is 0.652. The van der Waals surface area contributed by atoms with Crippen LogP contribution in [0.1, 0.15) is 38.2 Å². The average Bonchev–Trinajstić information content (AvgIpc) is 3.24. The summed E-state index contributed by atoms with van der Waals surface area (Å²) >= 11 is 1.42. The minimum absolute atomic E-state index is 0.0696. The predicted molar refractivity (Wildman–Crippen MR) is 114 cm³/mol. The van der Waals surface area contributed by atoms with Gasteiger partial charge in [0.15, 0.2) is 0 Å². The molecule has 0 bridgehead atoms. The van der Waals surface area contributed by atoms with Gasteiger partial charge in [-0.15, -0.1) is 11.8 Å². The van der Waals surface area contributed by atoms with Gasteiger partial charge >= 0.3 is 0 Å². The highest BCUT2D eigenvalue weighted by Crippen LogP contribution is 2.21. The maximum atomic E-state index is 14.2. The van der Waals surface area contributed by atoms with Crippen LogP contribution in [0.4, 0.5) is 4.39 Å². The number of carbonyl (C=O) groups excluding carboxylic acids is 2. The summed E-state index contributed by atoms with van der Waals surface area (Å²) in [4.78, 5) is 28.3. The first-order valence-corrected chi connectivity index (χ1v) is 11.0. The van der Waals surface area contributed by atoms with Crippen LogP contribution in [0.25, 0.3) is 0 Å². The Labute approximate surface area is 175 Å². The Bertz CT molecular complexity index is 825. The molecule has 0 unspecified atom stereocenters. The zero-order valence-electron chi connectivity index (χ0n) is 16.6. The molecule has 2 aromatic carbocycles. The Morgan fingerprint density at radius 1 is 1.10 bits per heavy atom. The number of benzene rings is 2. The Morgan fingerprint density at radius 3 is 2.45 bits per heavy atom. The largest absolute Gasteiger partial charge is 0.352 e. The van der Waals surface area contributed by atoms with Crippen molar-refractivity contribution < 1.29 is 14.0 Å². The van der Waals surface area contributed by atoms with Gasteiger partial charge in [0, 0.05) is 23.0 Å². The SMILES string of the molecule is C[C@@H](C(=O)NC1CCCC1)N(Cc1ccccc1F)C(=O)CSc1ccccc1. The second-order valence-corrected chi connectivity index (χ2v) is 8.43. The van der Waals surface area contributed by atoms with E-state index in [0.717, 1.165) is 30.6 Å². The lowest BCUT2D eigenvalue weighted by atomic mass is 10.1. The molecule has 2 aromatic rings. The Kier molecular flexibility index (Phi) is 7.69. The van der Waals surface area contributed by atoms with E-state index in [1.165, 1.54) is 22.7 Å². The molecule has 0 saturated heterocycles. The Morgan fingerprint density at radius 2 is 1.76 bits per heavy atom. The number of nitrogens with one attached hydrogen (secondary N) is 1. The van der Waals surface area contributed by atoms with Gasteiger partial charge in [-0.25, -0.2) is 4.39 Å². The van der Waals surface area contributed by atoms with Gasteiger partial charge in [0.25, 0.3) is 0 Å². The van der Waals surface area contributed by atoms with Gasteiger partial charge < -0.3 is 10.2 Å². The van der Waals surface area contributed by atoms with Gasteiger partial charge in [0.2, 0.25) is 11.8 Å². The topological polar surface area (TPSA) is 49.4 Å². The smallest absolute Gasteiger partial charge is 0.242 e. The molecule has 29 heavy (non-hydrogen) atoms. The van der Waals surface area contributed by atoms with Crippen LogP contribution >= 0.6 is 11.8 Å². The van der Waals surface area contributed by atoms with E-state index in [9.17, 15) is 14.0 Å². The van der Waals surface area contributed by atoms with E-state index < -0.39 is 6.04 Å². The van der Waals surface area contributed by atoms with Crippen molar-refractivity contribution in [3.8, 4) is 0 Å². The van der Waals surface area contributed by atoms with Crippen LogP contribution in [0.5, 0.6) is 0 Å². The fourth-order valence-electron chi connectivity index (χ4n) is 3.53. The summed E-state index contributed by atoms with van der Waals surface area (Å²) in [6, 6.07) is 15.5. The summed E-state index contributed by atoms with van der Waals surface area (Å²) in [5, 5.41) is 3.05. The number of thioether (sulfide) groups is 1. The van der Waals surface area contributed by atoms with Crippen LogP contribution in [0, 0.1) is 5.82 Å². The maximum Gasteiger partial charge on any atom is 0.242 e. The normalized spacial score (nSPS) is 15.1. The standard InChI is InChI=1S/C23H27FN2O2S/c1-17(23(28)25-19-10-6-7-11-19)26(15-18-9-5-8-14-21(18)24)22(27)16-29-20-12-3-2-4-13-20/h2-5,8-9,12-14,17,19H,6-7,10-11,15-16H2,1H3,(H,25,28)/t17-/m0/s1. The molecule has 2 amide bonds. The molecule has 3 rings (SSSR count). The van der Waals surface area contributed by atoms with E-state index in [-0.39, 0.29) is 36.0 Å². The molecule has 6 heteroatoms. The third kappa shape index (κ3) is 6.07. The Balaban J connectivity index is 1.71. The van der Waals surface area contributed by atoms with E-state index in [1.54, 1.807) is 25.1 Å². The van der Waals surface area contributed by atoms with E-state index in [1.807, 2.05) is 30.3 Å². The number of hydrogen-bond donors (Lipinski definition) is 1. The minimum Gasteiger partial charge on any atom is -0.352 e. The lowest BCUT2D eigenvalue weighted by Crippen LogP contribution is -2.50. The van der Waals surface area contributed by atoms with Crippen LogP contribution < -0.4 is 5.32 Å². The number of carbonyl (C=O) groups is 2. The van der Waals surface area contributed by atoms with Crippen LogP contribution in [0.15, 0.2) is 59.5 Å². The molecule has 0 aromatic heterocycles. The van der Waals surface area contributed by atoms with E-state index in [4.69, 9.17) is 0 Å². The fourth-order valence-corrected chi connectivity index (χ4v) is 4.33. The molecule has 0 spiro atoms. The van der Waals surface area contributed by atoms with E-state index >= 15 is 0 Å². The van der Waals surface area contributed by atoms with Crippen molar-refractivity contribution in [1.82, 2.24) is 10.2 Å². The van der Waals surface area contributed by atoms with Gasteiger partial charge in [0.05, 0.1) is 5.75 Å². The predicted octanol–water partition coefficient (Wildman–Crippen LogP) is 4.39. The van der Waals surface area contributed by atoms with Gasteiger partial charge in [-0.3, -0.25) is 9.59 Å². The molecule has 154 valence electrons. The number of rotatable bonds is 8. The van der Waals surface area contributed by atoms with Crippen molar-refractivity contribution in [2.24, 2.45) is 0 Å². The number of nitrogens with zero attached hydrogens (tertiary/aromatic N) is 1. The van der Waals surface area contributed by atoms with Crippen molar-refractivity contribution in [1.29, 1.82) is 0 Å². The zero-order valence-corrected chi connectivity index (χ0v) is 17.5. The molecular formula is C23H27FN2O2S. The van der Waals surface area contributed by atoms with Crippen molar-refractivity contribution in [3.05, 3.63) is 66.0 Å². The van der Waals surface area contributed by atoms with Gasteiger partial charge in [-0.05, 0) is 38.0 Å². The molecule has 0 aliphatic heterocycles. The highest BCUT2D eigenvalue weighted by atomic mass is 32.2. The Hall–Kier alpha value is -2.34. The van der Waals surface area contributed by atoms with Gasteiger partial charge in [-0.2, -0.15) is 0 Å². The van der Waals surface area contributed by atoms with Gasteiger partial charge in [-0.1, -0.05) is 49.2 Å². The van der Waals surface area contributed by atoms with Crippen molar-refractivity contribution in [2.45, 2.75) is 56.1 Å². The van der Waals surface area contributed by atoms with E-state index in [2.05, 4.69) is 5.32 Å². The first kappa shape index (κ1) is 21.4. The molecule has 1 atom stereocenters. The lowest BCUT2D eigenvalue weighted by Gasteiger charge is -2.29. The molecular weight excluding hydrogens is 387 g/mol. The molecule has 0 radical (unpaired) electrons. The highest BCUT2D eigenvalue weighted by molar-refractivity contribution is 8.00. The molecule has 1 N–H and O–H groups in total. The monoisotopic (exact) mass is 414 g/mol. The number of halogens is 1. The average molecular weight is 415 g/mol. The van der Waals surface area contributed by atoms with Gasteiger partial charge in [0.1, 0.15) is 11.9 Å². The summed E-state index contributed by atoms with van der Waals surface area (Å²) in [6.07, 6.45) is 4.18. The molecule has 1 aliphatic carbocycles. The second-order valence-electron chi connectivity index (χ2n) is 7.38. The van der Waals surface area contributed by atoms with Crippen molar-refractivity contribution >= 4 is 23.6 Å².